The van der Waals surface area contributed by atoms with E-state index in [0.29, 0.717) is 31.5 Å². The van der Waals surface area contributed by atoms with Crippen LogP contribution < -0.4 is 0 Å². The van der Waals surface area contributed by atoms with E-state index in [4.69, 9.17) is 9.47 Å². The topological polar surface area (TPSA) is 59.1 Å². The van der Waals surface area contributed by atoms with Gasteiger partial charge in [-0.1, -0.05) is 0 Å². The maximum absolute atomic E-state index is 12.6. The van der Waals surface area contributed by atoms with E-state index in [1.165, 1.54) is 0 Å². The number of fused-ring (bicyclic) bond motifs is 2. The molecule has 5 atom stereocenters. The molecule has 0 aromatic carbocycles. The summed E-state index contributed by atoms with van der Waals surface area (Å²) >= 11 is 0. The average Bonchev–Trinajstić information content (AvgIpc) is 2.83. The molecule has 1 aliphatic carbocycles. The van der Waals surface area contributed by atoms with Gasteiger partial charge in [-0.15, -0.1) is 0 Å². The van der Waals surface area contributed by atoms with Crippen LogP contribution in [0.2, 0.25) is 0 Å². The number of carbonyl (C=O) groups excluding carboxylic acids is 2. The van der Waals surface area contributed by atoms with Gasteiger partial charge in [0.2, 0.25) is 11.8 Å². The van der Waals surface area contributed by atoms with E-state index in [0.717, 1.165) is 13.2 Å². The lowest BCUT2D eigenvalue weighted by molar-refractivity contribution is -0.152. The first kappa shape index (κ1) is 12.6. The first-order valence-electron chi connectivity index (χ1n) is 7.48. The van der Waals surface area contributed by atoms with Crippen molar-refractivity contribution in [2.75, 3.05) is 39.5 Å². The number of rotatable bonds is 2. The van der Waals surface area contributed by atoms with Crippen LogP contribution in [-0.2, 0) is 19.1 Å². The third-order valence-electron chi connectivity index (χ3n) is 5.27. The third-order valence-corrected chi connectivity index (χ3v) is 5.27. The van der Waals surface area contributed by atoms with E-state index in [2.05, 4.69) is 0 Å². The number of likely N-dealkylation sites (N-methyl/N-ethyl adjacent to an activating group) is 1. The molecule has 0 aromatic heterocycles. The molecule has 4 rings (SSSR count). The molecule has 0 N–H and O–H groups in total. The van der Waals surface area contributed by atoms with Crippen LogP contribution in [0.15, 0.2) is 0 Å². The molecule has 6 heteroatoms. The second-order valence-corrected chi connectivity index (χ2v) is 6.23. The van der Waals surface area contributed by atoms with Gasteiger partial charge in [-0.3, -0.25) is 9.59 Å². The number of ether oxygens (including phenoxy) is 2. The molecular weight excluding hydrogens is 260 g/mol. The van der Waals surface area contributed by atoms with Crippen LogP contribution >= 0.6 is 0 Å². The second kappa shape index (κ2) is 4.43. The van der Waals surface area contributed by atoms with E-state index >= 15 is 0 Å². The number of nitrogens with zero attached hydrogens (tertiary/aromatic N) is 2. The Kier molecular flexibility index (Phi) is 2.79. The van der Waals surface area contributed by atoms with E-state index < -0.39 is 0 Å². The Morgan fingerprint density at radius 1 is 1.30 bits per heavy atom. The molecule has 1 saturated carbocycles. The standard InChI is InChI=1S/C14H20N2O4/c1-2-16-10-3-15(4-11(10)20-7-12(16)17)14(18)13-8-5-19-6-9(8)13/h8-11,13H,2-7H2,1H3/t8-,9+,10-,11-,13?/m1/s1. The lowest BCUT2D eigenvalue weighted by atomic mass is 10.1. The van der Waals surface area contributed by atoms with E-state index in [9.17, 15) is 9.59 Å². The molecule has 6 nitrogen and oxygen atoms in total. The van der Waals surface area contributed by atoms with Gasteiger partial charge < -0.3 is 19.3 Å². The van der Waals surface area contributed by atoms with E-state index in [-0.39, 0.29) is 36.5 Å². The molecule has 3 aliphatic heterocycles. The zero-order valence-corrected chi connectivity index (χ0v) is 11.7. The van der Waals surface area contributed by atoms with Crippen molar-refractivity contribution >= 4 is 11.8 Å². The Hall–Kier alpha value is -1.14. The van der Waals surface area contributed by atoms with Crippen LogP contribution in [0.1, 0.15) is 6.92 Å². The molecule has 3 heterocycles. The monoisotopic (exact) mass is 280 g/mol. The normalized spacial score (nSPS) is 42.6. The number of carbonyl (C=O) groups is 2. The molecule has 0 aromatic rings. The van der Waals surface area contributed by atoms with Gasteiger partial charge in [-0.2, -0.15) is 0 Å². The minimum atomic E-state index is -0.00793. The Bertz CT molecular complexity index is 444. The maximum atomic E-state index is 12.6. The van der Waals surface area contributed by atoms with Gasteiger partial charge in [-0.25, -0.2) is 0 Å². The summed E-state index contributed by atoms with van der Waals surface area (Å²) in [6, 6.07) is 0.0417. The highest BCUT2D eigenvalue weighted by Gasteiger charge is 2.60. The smallest absolute Gasteiger partial charge is 0.248 e. The first-order valence-corrected chi connectivity index (χ1v) is 7.48. The minimum absolute atomic E-state index is 0.00793. The predicted octanol–water partition coefficient (Wildman–Crippen LogP) is -0.663. The Morgan fingerprint density at radius 3 is 2.75 bits per heavy atom. The van der Waals surface area contributed by atoms with Gasteiger partial charge in [0.1, 0.15) is 6.61 Å². The summed E-state index contributed by atoms with van der Waals surface area (Å²) in [5, 5.41) is 0. The Labute approximate surface area is 118 Å². The quantitative estimate of drug-likeness (QED) is 0.673. The van der Waals surface area contributed by atoms with Crippen molar-refractivity contribution in [2.24, 2.45) is 17.8 Å². The number of hydrogen-bond donors (Lipinski definition) is 0. The largest absolute Gasteiger partial charge is 0.381 e. The fraction of sp³-hybridized carbons (Fsp3) is 0.857. The molecule has 2 amide bonds. The molecule has 0 radical (unpaired) electrons. The first-order chi connectivity index (χ1) is 9.70. The molecule has 1 unspecified atom stereocenters. The fourth-order valence-corrected chi connectivity index (χ4v) is 4.07. The molecule has 4 aliphatic rings. The van der Waals surface area contributed by atoms with Crippen molar-refractivity contribution in [3.8, 4) is 0 Å². The van der Waals surface area contributed by atoms with Crippen molar-refractivity contribution in [1.82, 2.24) is 9.80 Å². The molecular formula is C14H20N2O4. The summed E-state index contributed by atoms with van der Waals surface area (Å²) in [5.74, 6) is 1.32. The highest BCUT2D eigenvalue weighted by atomic mass is 16.5. The fourth-order valence-electron chi connectivity index (χ4n) is 4.07. The van der Waals surface area contributed by atoms with Crippen molar-refractivity contribution < 1.29 is 19.1 Å². The summed E-state index contributed by atoms with van der Waals surface area (Å²) in [7, 11) is 0. The summed E-state index contributed by atoms with van der Waals surface area (Å²) < 4.78 is 11.0. The van der Waals surface area contributed by atoms with Crippen LogP contribution in [-0.4, -0.2) is 73.2 Å². The van der Waals surface area contributed by atoms with Crippen molar-refractivity contribution in [3.63, 3.8) is 0 Å². The lowest BCUT2D eigenvalue weighted by Gasteiger charge is -2.35. The van der Waals surface area contributed by atoms with Gasteiger partial charge in [0.25, 0.3) is 0 Å². The molecule has 4 fully saturated rings. The van der Waals surface area contributed by atoms with Gasteiger partial charge in [0.15, 0.2) is 0 Å². The van der Waals surface area contributed by atoms with E-state index in [1.807, 2.05) is 16.7 Å². The average molecular weight is 280 g/mol. The molecule has 3 saturated heterocycles. The van der Waals surface area contributed by atoms with Crippen molar-refractivity contribution in [1.29, 1.82) is 0 Å². The number of hydrogen-bond acceptors (Lipinski definition) is 4. The predicted molar refractivity (Wildman–Crippen MR) is 68.8 cm³/mol. The van der Waals surface area contributed by atoms with Crippen molar-refractivity contribution in [2.45, 2.75) is 19.1 Å². The van der Waals surface area contributed by atoms with Crippen LogP contribution in [0, 0.1) is 17.8 Å². The van der Waals surface area contributed by atoms with Gasteiger partial charge >= 0.3 is 0 Å². The number of amides is 2. The SMILES string of the molecule is CCN1C(=O)CO[C@@H]2CN(C(=O)C3[C@H]4COC[C@@H]34)C[C@H]21. The highest BCUT2D eigenvalue weighted by Crippen LogP contribution is 2.51. The van der Waals surface area contributed by atoms with Crippen LogP contribution in [0.5, 0.6) is 0 Å². The van der Waals surface area contributed by atoms with Crippen LogP contribution in [0.4, 0.5) is 0 Å². The van der Waals surface area contributed by atoms with E-state index in [1.54, 1.807) is 0 Å². The summed E-state index contributed by atoms with van der Waals surface area (Å²) in [4.78, 5) is 28.1. The zero-order valence-electron chi connectivity index (χ0n) is 11.7. The molecule has 0 spiro atoms. The Balaban J connectivity index is 1.44. The third kappa shape index (κ3) is 1.71. The van der Waals surface area contributed by atoms with Gasteiger partial charge in [0, 0.05) is 25.6 Å². The minimum Gasteiger partial charge on any atom is -0.381 e. The van der Waals surface area contributed by atoms with Crippen LogP contribution in [0.25, 0.3) is 0 Å². The Morgan fingerprint density at radius 2 is 2.05 bits per heavy atom. The zero-order chi connectivity index (χ0) is 13.9. The summed E-state index contributed by atoms with van der Waals surface area (Å²) in [6.07, 6.45) is -0.00793. The number of likely N-dealkylation sites (tertiary alicyclic amines) is 1. The maximum Gasteiger partial charge on any atom is 0.248 e. The van der Waals surface area contributed by atoms with Crippen molar-refractivity contribution in [3.05, 3.63) is 0 Å². The summed E-state index contributed by atoms with van der Waals surface area (Å²) in [6.45, 7) is 5.54. The molecule has 110 valence electrons. The van der Waals surface area contributed by atoms with Gasteiger partial charge in [-0.05, 0) is 18.8 Å². The number of morpholine rings is 1. The van der Waals surface area contributed by atoms with Crippen LogP contribution in [0.3, 0.4) is 0 Å². The summed E-state index contributed by atoms with van der Waals surface area (Å²) in [5.41, 5.74) is 0. The van der Waals surface area contributed by atoms with Gasteiger partial charge in [0.05, 0.1) is 25.4 Å². The molecule has 0 bridgehead atoms. The molecule has 20 heavy (non-hydrogen) atoms. The highest BCUT2D eigenvalue weighted by molar-refractivity contribution is 5.84. The second-order valence-electron chi connectivity index (χ2n) is 6.23. The lowest BCUT2D eigenvalue weighted by Crippen LogP contribution is -2.53.